The molecule has 0 aromatic carbocycles. The summed E-state index contributed by atoms with van der Waals surface area (Å²) in [7, 11) is 0. The van der Waals surface area contributed by atoms with Crippen LogP contribution in [-0.2, 0) is 9.59 Å². The summed E-state index contributed by atoms with van der Waals surface area (Å²) < 4.78 is 0. The largest absolute Gasteiger partial charge is 0.481 e. The topological polar surface area (TPSA) is 134 Å². The van der Waals surface area contributed by atoms with Crippen molar-refractivity contribution in [3.63, 3.8) is 0 Å². The van der Waals surface area contributed by atoms with E-state index in [0.29, 0.717) is 0 Å². The predicted octanol–water partition coefficient (Wildman–Crippen LogP) is 0.0727. The number of carbonyl (C=O) groups excluding carboxylic acids is 2. The van der Waals surface area contributed by atoms with Crippen molar-refractivity contribution in [1.82, 2.24) is 10.2 Å². The van der Waals surface area contributed by atoms with E-state index in [-0.39, 0.29) is 25.9 Å². The molecule has 1 atom stereocenters. The molecule has 0 aliphatic rings. The van der Waals surface area contributed by atoms with Crippen molar-refractivity contribution >= 4 is 17.9 Å². The summed E-state index contributed by atoms with van der Waals surface area (Å²) in [6, 6.07) is 2.56. The third kappa shape index (κ3) is 7.34. The highest BCUT2D eigenvalue weighted by Crippen LogP contribution is 2.06. The summed E-state index contributed by atoms with van der Waals surface area (Å²) >= 11 is 0. The van der Waals surface area contributed by atoms with E-state index in [4.69, 9.17) is 15.6 Å². The third-order valence-corrected chi connectivity index (χ3v) is 2.11. The molecule has 0 saturated heterocycles. The highest BCUT2D eigenvalue weighted by Gasteiger charge is 2.18. The van der Waals surface area contributed by atoms with E-state index >= 15 is 0 Å². The highest BCUT2D eigenvalue weighted by atomic mass is 16.4. The maximum absolute atomic E-state index is 11.5. The molecule has 8 nitrogen and oxygen atoms in total. The van der Waals surface area contributed by atoms with Gasteiger partial charge in [0, 0.05) is 12.8 Å². The van der Waals surface area contributed by atoms with Crippen molar-refractivity contribution in [1.29, 1.82) is 10.5 Å². The van der Waals surface area contributed by atoms with Crippen LogP contribution in [0.25, 0.3) is 0 Å². The van der Waals surface area contributed by atoms with Gasteiger partial charge in [-0.1, -0.05) is 6.92 Å². The molecule has 0 spiro atoms. The summed E-state index contributed by atoms with van der Waals surface area (Å²) in [6.45, 7) is 0.954. The summed E-state index contributed by atoms with van der Waals surface area (Å²) in [6.07, 6.45) is -0.299. The first-order valence-electron chi connectivity index (χ1n) is 5.45. The van der Waals surface area contributed by atoms with E-state index in [1.165, 1.54) is 0 Å². The molecule has 3 amide bonds. The smallest absolute Gasteiger partial charge is 0.325 e. The Morgan fingerprint density at radius 2 is 1.74 bits per heavy atom. The molecule has 0 aromatic heterocycles. The standard InChI is InChI=1S/C11H14N4O4/c1-8(7-10(17)18)6-9(16)14-11(19)15(4-2-12)5-3-13/h8H,4-7H2,1H3,(H,17,18)(H,14,16,19). The Kier molecular flexibility index (Phi) is 7.31. The number of hydrogen-bond acceptors (Lipinski definition) is 5. The van der Waals surface area contributed by atoms with Gasteiger partial charge in [0.05, 0.1) is 12.1 Å². The first-order chi connectivity index (χ1) is 8.90. The minimum Gasteiger partial charge on any atom is -0.481 e. The van der Waals surface area contributed by atoms with Gasteiger partial charge in [-0.05, 0) is 5.92 Å². The van der Waals surface area contributed by atoms with Crippen LogP contribution >= 0.6 is 0 Å². The van der Waals surface area contributed by atoms with Crippen molar-refractivity contribution in [3.05, 3.63) is 0 Å². The second-order valence-corrected chi connectivity index (χ2v) is 3.93. The molecule has 8 heteroatoms. The van der Waals surface area contributed by atoms with Crippen LogP contribution in [-0.4, -0.2) is 41.0 Å². The normalized spacial score (nSPS) is 10.7. The fourth-order valence-corrected chi connectivity index (χ4v) is 1.31. The summed E-state index contributed by atoms with van der Waals surface area (Å²) in [4.78, 5) is 34.2. The molecule has 0 fully saturated rings. The first kappa shape index (κ1) is 16.4. The predicted molar refractivity (Wildman–Crippen MR) is 62.4 cm³/mol. The number of nitrogens with one attached hydrogen (secondary N) is 1. The lowest BCUT2D eigenvalue weighted by molar-refractivity contribution is -0.138. The number of hydrogen-bond donors (Lipinski definition) is 2. The molecule has 19 heavy (non-hydrogen) atoms. The van der Waals surface area contributed by atoms with Crippen LogP contribution in [0, 0.1) is 28.6 Å². The van der Waals surface area contributed by atoms with Crippen molar-refractivity contribution in [3.8, 4) is 12.1 Å². The molecule has 1 unspecified atom stereocenters. The Labute approximate surface area is 110 Å². The van der Waals surface area contributed by atoms with Crippen LogP contribution in [0.2, 0.25) is 0 Å². The van der Waals surface area contributed by atoms with Gasteiger partial charge in [-0.15, -0.1) is 0 Å². The molecule has 0 rings (SSSR count). The number of amides is 3. The van der Waals surface area contributed by atoms with Gasteiger partial charge in [-0.25, -0.2) is 4.79 Å². The number of nitrogens with zero attached hydrogens (tertiary/aromatic N) is 3. The zero-order chi connectivity index (χ0) is 14.8. The average Bonchev–Trinajstić information content (AvgIpc) is 2.26. The fourth-order valence-electron chi connectivity index (χ4n) is 1.31. The molecule has 0 saturated carbocycles. The summed E-state index contributed by atoms with van der Waals surface area (Å²) in [5.41, 5.74) is 0. The molecule has 2 N–H and O–H groups in total. The van der Waals surface area contributed by atoms with Gasteiger partial charge in [0.15, 0.2) is 0 Å². The van der Waals surface area contributed by atoms with Crippen LogP contribution < -0.4 is 5.32 Å². The minimum absolute atomic E-state index is 0.120. The first-order valence-corrected chi connectivity index (χ1v) is 5.45. The van der Waals surface area contributed by atoms with Gasteiger partial charge in [0.2, 0.25) is 5.91 Å². The molecule has 0 radical (unpaired) electrons. The summed E-state index contributed by atoms with van der Waals surface area (Å²) in [5, 5.41) is 27.5. The Morgan fingerprint density at radius 1 is 1.21 bits per heavy atom. The van der Waals surface area contributed by atoms with Gasteiger partial charge >= 0.3 is 12.0 Å². The maximum atomic E-state index is 11.5. The zero-order valence-electron chi connectivity index (χ0n) is 10.4. The monoisotopic (exact) mass is 266 g/mol. The molecule has 0 aromatic rings. The van der Waals surface area contributed by atoms with Crippen LogP contribution in [0.15, 0.2) is 0 Å². The van der Waals surface area contributed by atoms with E-state index < -0.39 is 23.8 Å². The second kappa shape index (κ2) is 8.48. The Balaban J connectivity index is 4.31. The lowest BCUT2D eigenvalue weighted by atomic mass is 10.0. The number of carboxylic acids is 1. The van der Waals surface area contributed by atoms with Crippen molar-refractivity contribution < 1.29 is 19.5 Å². The highest BCUT2D eigenvalue weighted by molar-refractivity contribution is 5.94. The minimum atomic E-state index is -1.03. The molecular formula is C11H14N4O4. The van der Waals surface area contributed by atoms with Gasteiger partial charge in [-0.3, -0.25) is 19.8 Å². The number of carbonyl (C=O) groups is 3. The Hall–Kier alpha value is -2.61. The molecule has 0 heterocycles. The van der Waals surface area contributed by atoms with E-state index in [1.54, 1.807) is 19.1 Å². The Bertz CT molecular complexity index is 419. The van der Waals surface area contributed by atoms with E-state index in [1.807, 2.05) is 5.32 Å². The molecule has 0 aliphatic heterocycles. The van der Waals surface area contributed by atoms with Crippen LogP contribution in [0.3, 0.4) is 0 Å². The lowest BCUT2D eigenvalue weighted by Crippen LogP contribution is -2.43. The molecule has 102 valence electrons. The van der Waals surface area contributed by atoms with Gasteiger partial charge < -0.3 is 5.11 Å². The number of urea groups is 1. The van der Waals surface area contributed by atoms with E-state index in [9.17, 15) is 14.4 Å². The summed E-state index contributed by atoms with van der Waals surface area (Å²) in [5.74, 6) is -2.08. The van der Waals surface area contributed by atoms with Crippen LogP contribution in [0.4, 0.5) is 4.79 Å². The van der Waals surface area contributed by atoms with Crippen molar-refractivity contribution in [2.24, 2.45) is 5.92 Å². The fraction of sp³-hybridized carbons (Fsp3) is 0.545. The molecule has 0 aliphatic carbocycles. The van der Waals surface area contributed by atoms with Crippen molar-refractivity contribution in [2.45, 2.75) is 19.8 Å². The van der Waals surface area contributed by atoms with E-state index in [0.717, 1.165) is 4.90 Å². The van der Waals surface area contributed by atoms with Crippen molar-refractivity contribution in [2.75, 3.05) is 13.1 Å². The number of imide groups is 1. The van der Waals surface area contributed by atoms with E-state index in [2.05, 4.69) is 0 Å². The van der Waals surface area contributed by atoms with Gasteiger partial charge in [0.1, 0.15) is 13.1 Å². The number of nitriles is 2. The third-order valence-electron chi connectivity index (χ3n) is 2.11. The van der Waals surface area contributed by atoms with Crippen LogP contribution in [0.5, 0.6) is 0 Å². The SMILES string of the molecule is CC(CC(=O)O)CC(=O)NC(=O)N(CC#N)CC#N. The average molecular weight is 266 g/mol. The zero-order valence-corrected chi connectivity index (χ0v) is 10.4. The van der Waals surface area contributed by atoms with Gasteiger partial charge in [-0.2, -0.15) is 10.5 Å². The number of rotatable bonds is 6. The molecular weight excluding hydrogens is 252 g/mol. The Morgan fingerprint density at radius 3 is 2.16 bits per heavy atom. The number of aliphatic carboxylic acids is 1. The molecule has 0 bridgehead atoms. The lowest BCUT2D eigenvalue weighted by Gasteiger charge is -2.16. The quantitative estimate of drug-likeness (QED) is 0.653. The maximum Gasteiger partial charge on any atom is 0.325 e. The second-order valence-electron chi connectivity index (χ2n) is 3.93. The number of carboxylic acid groups (broad SMARTS) is 1. The van der Waals surface area contributed by atoms with Gasteiger partial charge in [0.25, 0.3) is 0 Å². The van der Waals surface area contributed by atoms with Crippen LogP contribution in [0.1, 0.15) is 19.8 Å².